The van der Waals surface area contributed by atoms with Crippen LogP contribution in [-0.2, 0) is 71.9 Å². The van der Waals surface area contributed by atoms with E-state index >= 15 is 0 Å². The van der Waals surface area contributed by atoms with E-state index in [-0.39, 0.29) is 44.4 Å². The van der Waals surface area contributed by atoms with Gasteiger partial charge in [0.05, 0.1) is 56.8 Å². The molecule has 8 atom stereocenters. The maximum Gasteiger partial charge on any atom is 0.397 e. The molecule has 1 aliphatic heterocycles. The summed E-state index contributed by atoms with van der Waals surface area (Å²) in [6, 6.07) is 29.2. The van der Waals surface area contributed by atoms with Crippen LogP contribution in [0, 0.1) is 0 Å². The maximum absolute atomic E-state index is 14.9. The molecule has 0 aliphatic carbocycles. The van der Waals surface area contributed by atoms with E-state index in [0.717, 1.165) is 193 Å². The van der Waals surface area contributed by atoms with Gasteiger partial charge in [-0.2, -0.15) is 8.42 Å². The van der Waals surface area contributed by atoms with Crippen LogP contribution in [0.2, 0.25) is 0 Å². The number of hydrogen-bond acceptors (Lipinski definition) is 12. The first kappa shape index (κ1) is 97.1. The van der Waals surface area contributed by atoms with Crippen molar-refractivity contribution in [3.8, 4) is 0 Å². The van der Waals surface area contributed by atoms with E-state index in [1.807, 2.05) is 0 Å². The molecule has 109 heavy (non-hydrogen) atoms. The number of benzene rings is 3. The molecule has 5 N–H and O–H groups in total. The summed E-state index contributed by atoms with van der Waals surface area (Å²) in [4.78, 5) is 43.8. The van der Waals surface area contributed by atoms with E-state index in [1.165, 1.54) is 139 Å². The fourth-order valence-corrected chi connectivity index (χ4v) is 15.8. The van der Waals surface area contributed by atoms with E-state index in [4.69, 9.17) is 27.9 Å². The van der Waals surface area contributed by atoms with Gasteiger partial charge in [-0.1, -0.05) is 362 Å². The molecule has 1 saturated heterocycles. The van der Waals surface area contributed by atoms with Crippen LogP contribution >= 0.6 is 0 Å². The van der Waals surface area contributed by atoms with Gasteiger partial charge in [0.15, 0.2) is 6.29 Å². The molecule has 1 heterocycles. The predicted octanol–water partition coefficient (Wildman–Crippen LogP) is 21.8. The molecule has 2 unspecified atom stereocenters. The zero-order valence-corrected chi connectivity index (χ0v) is 69.8. The molecule has 624 valence electrons. The molecular formula is C92H157N3O13S. The van der Waals surface area contributed by atoms with Crippen molar-refractivity contribution in [3.05, 3.63) is 108 Å². The Hall–Kier alpha value is -4.30. The van der Waals surface area contributed by atoms with Gasteiger partial charge in [0.25, 0.3) is 0 Å². The molecule has 0 aromatic heterocycles. The molecule has 4 rings (SSSR count). The lowest BCUT2D eigenvalue weighted by Gasteiger charge is -2.45. The molecule has 1 aliphatic rings. The summed E-state index contributed by atoms with van der Waals surface area (Å²) in [5, 5.41) is 20.2. The molecule has 0 bridgehead atoms. The van der Waals surface area contributed by atoms with Crippen LogP contribution in [0.5, 0.6) is 0 Å². The Kier molecular flexibility index (Phi) is 59.7. The Morgan fingerprint density at radius 1 is 0.385 bits per heavy atom. The largest absolute Gasteiger partial charge is 0.397 e. The first-order chi connectivity index (χ1) is 53.4. The molecule has 3 amide bonds. The summed E-state index contributed by atoms with van der Waals surface area (Å²) < 4.78 is 74.3. The molecule has 0 radical (unpaired) electrons. The lowest BCUT2D eigenvalue weighted by molar-refractivity contribution is -0.245. The minimum atomic E-state index is -5.24. The van der Waals surface area contributed by atoms with E-state index in [1.54, 1.807) is 0 Å². The van der Waals surface area contributed by atoms with Crippen LogP contribution in [0.3, 0.4) is 0 Å². The first-order valence-electron chi connectivity index (χ1n) is 44.8. The lowest BCUT2D eigenvalue weighted by atomic mass is 9.93. The number of carbonyl (C=O) groups excluding carboxylic acids is 3. The molecule has 3 aromatic carbocycles. The normalized spacial score (nSPS) is 16.8. The average molecular weight is 1550 g/mol. The number of rotatable bonds is 75. The highest BCUT2D eigenvalue weighted by molar-refractivity contribution is 7.80. The molecular weight excluding hydrogens is 1390 g/mol. The molecule has 16 nitrogen and oxygen atoms in total. The first-order valence-corrected chi connectivity index (χ1v) is 46.1. The third-order valence-electron chi connectivity index (χ3n) is 21.8. The Bertz CT molecular complexity index is 2700. The van der Waals surface area contributed by atoms with E-state index < -0.39 is 71.6 Å². The lowest BCUT2D eigenvalue weighted by Crippen LogP contribution is -2.70. The third-order valence-corrected chi connectivity index (χ3v) is 22.2. The SMILES string of the molecule is CCCCCCCCCCC[C@H](CC(=O)NCCO[C@@H]1OC(CO)[C@@H](OS(=O)(=O)O)C(NC(=O)C[C@@H](CCCCCCCCCCC)OCCCCCCCCc2ccccc2)[C@@H]1NC(=O)C[C@@H](CCCCCCCCCCC)OCCCCCCCCc1ccccc1)OCCCCCCCCc1ccccc1. The Labute approximate surface area is 664 Å². The quantitative estimate of drug-likeness (QED) is 0.0263. The van der Waals surface area contributed by atoms with Crippen molar-refractivity contribution >= 4 is 28.1 Å². The second-order valence-electron chi connectivity index (χ2n) is 31.6. The summed E-state index contributed by atoms with van der Waals surface area (Å²) in [5.74, 6) is -1.13. The van der Waals surface area contributed by atoms with Crippen molar-refractivity contribution in [3.63, 3.8) is 0 Å². The number of amides is 3. The molecule has 0 spiro atoms. The number of carbonyl (C=O) groups is 3. The predicted molar refractivity (Wildman–Crippen MR) is 447 cm³/mol. The van der Waals surface area contributed by atoms with Crippen LogP contribution in [0.1, 0.15) is 365 Å². The number of nitrogens with one attached hydrogen (secondary N) is 3. The molecule has 3 aromatic rings. The van der Waals surface area contributed by atoms with E-state index in [9.17, 15) is 32.5 Å². The van der Waals surface area contributed by atoms with E-state index in [0.29, 0.717) is 32.7 Å². The van der Waals surface area contributed by atoms with Crippen molar-refractivity contribution in [2.75, 3.05) is 39.6 Å². The van der Waals surface area contributed by atoms with Gasteiger partial charge < -0.3 is 44.7 Å². The van der Waals surface area contributed by atoms with Crippen LogP contribution < -0.4 is 16.0 Å². The third kappa shape index (κ3) is 52.7. The van der Waals surface area contributed by atoms with Crippen LogP contribution in [0.25, 0.3) is 0 Å². The fourth-order valence-electron chi connectivity index (χ4n) is 15.2. The van der Waals surface area contributed by atoms with Gasteiger partial charge in [-0.15, -0.1) is 0 Å². The number of aliphatic hydroxyl groups excluding tert-OH is 1. The van der Waals surface area contributed by atoms with Gasteiger partial charge >= 0.3 is 10.4 Å². The molecule has 17 heteroatoms. The van der Waals surface area contributed by atoms with Crippen LogP contribution in [0.15, 0.2) is 91.0 Å². The summed E-state index contributed by atoms with van der Waals surface area (Å²) in [7, 11) is -5.24. The van der Waals surface area contributed by atoms with Crippen molar-refractivity contribution in [1.29, 1.82) is 0 Å². The second kappa shape index (κ2) is 67.1. The Balaban J connectivity index is 1.53. The zero-order chi connectivity index (χ0) is 78.0. The smallest absolute Gasteiger partial charge is 0.394 e. The summed E-state index contributed by atoms with van der Waals surface area (Å²) in [5.41, 5.74) is 4.12. The van der Waals surface area contributed by atoms with Crippen molar-refractivity contribution in [2.45, 2.75) is 416 Å². The molecule has 0 saturated carbocycles. The Morgan fingerprint density at radius 2 is 0.679 bits per heavy atom. The van der Waals surface area contributed by atoms with E-state index in [2.05, 4.69) is 128 Å². The zero-order valence-electron chi connectivity index (χ0n) is 69.0. The minimum Gasteiger partial charge on any atom is -0.394 e. The van der Waals surface area contributed by atoms with Gasteiger partial charge in [0, 0.05) is 26.4 Å². The van der Waals surface area contributed by atoms with Gasteiger partial charge in [-0.3, -0.25) is 18.9 Å². The number of hydrogen-bond donors (Lipinski definition) is 5. The maximum atomic E-state index is 14.9. The topological polar surface area (TPSA) is 217 Å². The minimum absolute atomic E-state index is 0.0382. The number of ether oxygens (including phenoxy) is 5. The highest BCUT2D eigenvalue weighted by Gasteiger charge is 2.50. The number of aryl methyl sites for hydroxylation is 3. The van der Waals surface area contributed by atoms with Gasteiger partial charge in [0.2, 0.25) is 17.7 Å². The van der Waals surface area contributed by atoms with Crippen molar-refractivity contribution < 1.29 is 60.3 Å². The monoisotopic (exact) mass is 1540 g/mol. The van der Waals surface area contributed by atoms with Gasteiger partial charge in [-0.05, 0) is 93.7 Å². The number of unbranched alkanes of at least 4 members (excludes halogenated alkanes) is 39. The summed E-state index contributed by atoms with van der Waals surface area (Å²) in [6.07, 6.45) is 50.6. The van der Waals surface area contributed by atoms with Crippen LogP contribution in [-0.4, -0.2) is 124 Å². The van der Waals surface area contributed by atoms with Gasteiger partial charge in [-0.25, -0.2) is 4.18 Å². The fraction of sp³-hybridized carbons (Fsp3) is 0.772. The molecule has 1 fully saturated rings. The van der Waals surface area contributed by atoms with Crippen molar-refractivity contribution in [1.82, 2.24) is 16.0 Å². The van der Waals surface area contributed by atoms with Gasteiger partial charge in [0.1, 0.15) is 18.2 Å². The van der Waals surface area contributed by atoms with Crippen LogP contribution in [0.4, 0.5) is 0 Å². The number of aliphatic hydroxyl groups is 1. The Morgan fingerprint density at radius 3 is 1.00 bits per heavy atom. The highest BCUT2D eigenvalue weighted by Crippen LogP contribution is 2.28. The average Bonchev–Trinajstić information content (AvgIpc) is 0.781. The van der Waals surface area contributed by atoms with Crippen molar-refractivity contribution in [2.24, 2.45) is 0 Å². The second-order valence-corrected chi connectivity index (χ2v) is 32.7. The summed E-state index contributed by atoms with van der Waals surface area (Å²) >= 11 is 0. The summed E-state index contributed by atoms with van der Waals surface area (Å²) in [6.45, 7) is 7.41. The highest BCUT2D eigenvalue weighted by atomic mass is 32.3. The standard InChI is InChI=1S/C92H157N3O13S/c1-4-7-10-13-16-19-22-34-52-67-82(103-71-55-37-28-25-31-43-58-79-61-46-40-47-62-79)75-86(97)93-70-74-106-92-90(95-88(99)77-84(69-54-36-24-21-18-15-12-9-6-3)105-73-57-39-30-27-33-45-60-81-65-50-42-51-66-81)89(91(85(78-96)107-92)108-109(100,101)102)94-87(98)76-83(68-53-35-23-20-17-14-11-8-5-2)104-72-56-38-29-26-32-44-59-80-63-48-41-49-64-80/h40-42,46-51,61-66,82-85,89-92,96H,4-39,43-45,52-60,67-78H2,1-3H3,(H,93,97)(H,94,98)(H,95,99)(H,100,101,102)/t82-,83-,84-,85?,89?,90+,91-,92-/m1/s1.